The van der Waals surface area contributed by atoms with E-state index in [1.165, 1.54) is 6.42 Å². The predicted molar refractivity (Wildman–Crippen MR) is 89.0 cm³/mol. The molecule has 5 atom stereocenters. The second-order valence-electron chi connectivity index (χ2n) is 6.96. The lowest BCUT2D eigenvalue weighted by Crippen LogP contribution is -2.59. The highest BCUT2D eigenvalue weighted by Gasteiger charge is 2.57. The Hall–Kier alpha value is 0.180. The van der Waals surface area contributed by atoms with Crippen molar-refractivity contribution in [1.29, 1.82) is 0 Å². The van der Waals surface area contributed by atoms with Crippen LogP contribution >= 0.6 is 34.8 Å². The van der Waals surface area contributed by atoms with E-state index in [1.807, 2.05) is 0 Å². The van der Waals surface area contributed by atoms with Crippen molar-refractivity contribution in [2.45, 2.75) is 85.0 Å². The lowest BCUT2D eigenvalue weighted by atomic mass is 9.78. The van der Waals surface area contributed by atoms with Crippen LogP contribution in [0.5, 0.6) is 0 Å². The summed E-state index contributed by atoms with van der Waals surface area (Å²) < 4.78 is 9.17. The van der Waals surface area contributed by atoms with Crippen molar-refractivity contribution >= 4 is 40.7 Å². The van der Waals surface area contributed by atoms with Crippen molar-refractivity contribution in [2.24, 2.45) is 0 Å². The molecule has 138 valence electrons. The summed E-state index contributed by atoms with van der Waals surface area (Å²) >= 11 is 17.3. The second kappa shape index (κ2) is 7.06. The zero-order chi connectivity index (χ0) is 17.5. The van der Waals surface area contributed by atoms with E-state index < -0.39 is 39.9 Å². The molecule has 6 nitrogen and oxygen atoms in total. The molecule has 24 heavy (non-hydrogen) atoms. The lowest BCUT2D eigenvalue weighted by Gasteiger charge is -2.39. The fourth-order valence-electron chi connectivity index (χ4n) is 3.79. The summed E-state index contributed by atoms with van der Waals surface area (Å²) in [6, 6.07) is 0.0693. The van der Waals surface area contributed by atoms with Gasteiger partial charge in [-0.25, -0.2) is 0 Å². The molecule has 1 saturated heterocycles. The number of ether oxygens (including phenoxy) is 2. The standard InChI is InChI=1S/C15H22Cl3NO5/c16-15(17,18)13-23-10-7-14(22,6-9(20)11(10)24-13)12(21)19-8-4-2-1-3-5-8/h8-11,13,20,22H,1-7H2,(H,19,21)/t9-,10-,11+,13+,14+/m1/s1. The maximum Gasteiger partial charge on any atom is 0.252 e. The molecular formula is C15H22Cl3NO5. The van der Waals surface area contributed by atoms with Crippen LogP contribution in [0.3, 0.4) is 0 Å². The maximum atomic E-state index is 12.6. The predicted octanol–water partition coefficient (Wildman–Crippen LogP) is 1.80. The first-order valence-corrected chi connectivity index (χ1v) is 9.41. The van der Waals surface area contributed by atoms with Crippen LogP contribution < -0.4 is 5.32 Å². The minimum Gasteiger partial charge on any atom is -0.390 e. The van der Waals surface area contributed by atoms with E-state index in [9.17, 15) is 15.0 Å². The van der Waals surface area contributed by atoms with Crippen LogP contribution in [0.15, 0.2) is 0 Å². The molecule has 9 heteroatoms. The van der Waals surface area contributed by atoms with Gasteiger partial charge < -0.3 is 25.0 Å². The summed E-state index contributed by atoms with van der Waals surface area (Å²) in [4.78, 5) is 12.6. The molecule has 0 radical (unpaired) electrons. The van der Waals surface area contributed by atoms with Gasteiger partial charge in [-0.05, 0) is 12.8 Å². The maximum absolute atomic E-state index is 12.6. The fraction of sp³-hybridized carbons (Fsp3) is 0.933. The Labute approximate surface area is 155 Å². The first-order chi connectivity index (χ1) is 11.2. The molecule has 1 heterocycles. The third-order valence-corrected chi connectivity index (χ3v) is 5.58. The number of carbonyl (C=O) groups excluding carboxylic acids is 1. The molecule has 3 rings (SSSR count). The number of halogens is 3. The summed E-state index contributed by atoms with van der Waals surface area (Å²) in [6.45, 7) is 0. The number of alkyl halides is 3. The minimum atomic E-state index is -1.81. The summed E-state index contributed by atoms with van der Waals surface area (Å²) in [7, 11) is 0. The number of amides is 1. The molecule has 3 N–H and O–H groups in total. The molecule has 0 aromatic carbocycles. The van der Waals surface area contributed by atoms with Crippen LogP contribution in [0.2, 0.25) is 0 Å². The van der Waals surface area contributed by atoms with Crippen LogP contribution in [0, 0.1) is 0 Å². The van der Waals surface area contributed by atoms with Gasteiger partial charge in [-0.2, -0.15) is 0 Å². The van der Waals surface area contributed by atoms with Crippen molar-refractivity contribution in [3.05, 3.63) is 0 Å². The topological polar surface area (TPSA) is 88.0 Å². The van der Waals surface area contributed by atoms with Gasteiger partial charge in [-0.3, -0.25) is 4.79 Å². The Kier molecular flexibility index (Phi) is 5.58. The van der Waals surface area contributed by atoms with E-state index in [0.717, 1.165) is 25.7 Å². The van der Waals surface area contributed by atoms with Crippen molar-refractivity contribution in [3.8, 4) is 0 Å². The number of rotatable bonds is 2. The van der Waals surface area contributed by atoms with Crippen molar-refractivity contribution in [1.82, 2.24) is 5.32 Å². The monoisotopic (exact) mass is 401 g/mol. The number of hydrogen-bond acceptors (Lipinski definition) is 5. The number of hydrogen-bond donors (Lipinski definition) is 3. The van der Waals surface area contributed by atoms with Crippen molar-refractivity contribution in [3.63, 3.8) is 0 Å². The second-order valence-corrected chi connectivity index (χ2v) is 9.33. The average molecular weight is 403 g/mol. The Morgan fingerprint density at radius 2 is 1.79 bits per heavy atom. The molecule has 2 saturated carbocycles. The first-order valence-electron chi connectivity index (χ1n) is 8.28. The van der Waals surface area contributed by atoms with E-state index in [4.69, 9.17) is 44.3 Å². The fourth-order valence-corrected chi connectivity index (χ4v) is 4.09. The van der Waals surface area contributed by atoms with Gasteiger partial charge in [0.15, 0.2) is 0 Å². The third kappa shape index (κ3) is 3.95. The molecule has 2 aliphatic carbocycles. The zero-order valence-corrected chi connectivity index (χ0v) is 15.4. The van der Waals surface area contributed by atoms with E-state index in [-0.39, 0.29) is 18.9 Å². The normalized spacial score (nSPS) is 41.0. The van der Waals surface area contributed by atoms with Gasteiger partial charge in [0.25, 0.3) is 5.91 Å². The SMILES string of the molecule is O=C(NC1CCCCC1)[C@]1(O)C[C@@H](O)[C@@H]2O[C@@H](C(Cl)(Cl)Cl)O[C@@H]2C1. The highest BCUT2D eigenvalue weighted by atomic mass is 35.6. The van der Waals surface area contributed by atoms with Gasteiger partial charge in [0.2, 0.25) is 10.1 Å². The highest BCUT2D eigenvalue weighted by molar-refractivity contribution is 6.67. The molecule has 1 amide bonds. The van der Waals surface area contributed by atoms with Gasteiger partial charge in [0.05, 0.1) is 12.2 Å². The third-order valence-electron chi connectivity index (χ3n) is 5.04. The molecule has 1 aliphatic heterocycles. The highest BCUT2D eigenvalue weighted by Crippen LogP contribution is 2.44. The Morgan fingerprint density at radius 3 is 2.42 bits per heavy atom. The molecular weight excluding hydrogens is 381 g/mol. The van der Waals surface area contributed by atoms with Gasteiger partial charge in [0.1, 0.15) is 11.7 Å². The van der Waals surface area contributed by atoms with E-state index in [2.05, 4.69) is 5.32 Å². The van der Waals surface area contributed by atoms with Gasteiger partial charge in [-0.1, -0.05) is 54.1 Å². The molecule has 0 spiro atoms. The summed E-state index contributed by atoms with van der Waals surface area (Å²) in [5, 5.41) is 23.9. The van der Waals surface area contributed by atoms with Gasteiger partial charge >= 0.3 is 0 Å². The summed E-state index contributed by atoms with van der Waals surface area (Å²) in [5.41, 5.74) is -1.72. The van der Waals surface area contributed by atoms with Crippen LogP contribution in [-0.2, 0) is 14.3 Å². The number of fused-ring (bicyclic) bond motifs is 1. The quantitative estimate of drug-likeness (QED) is 0.613. The Balaban J connectivity index is 1.65. The molecule has 3 aliphatic rings. The largest absolute Gasteiger partial charge is 0.390 e. The lowest BCUT2D eigenvalue weighted by molar-refractivity contribution is -0.159. The van der Waals surface area contributed by atoms with Crippen LogP contribution in [0.4, 0.5) is 0 Å². The van der Waals surface area contributed by atoms with Crippen LogP contribution in [0.25, 0.3) is 0 Å². The molecule has 0 bridgehead atoms. The Morgan fingerprint density at radius 1 is 1.12 bits per heavy atom. The van der Waals surface area contributed by atoms with Gasteiger partial charge in [-0.15, -0.1) is 0 Å². The summed E-state index contributed by atoms with van der Waals surface area (Å²) in [5.74, 6) is -0.479. The number of aliphatic hydroxyl groups is 2. The number of aliphatic hydroxyl groups excluding tert-OH is 1. The molecule has 0 aromatic heterocycles. The molecule has 0 aromatic rings. The first kappa shape index (κ1) is 19.0. The van der Waals surface area contributed by atoms with Gasteiger partial charge in [0, 0.05) is 18.9 Å². The van der Waals surface area contributed by atoms with E-state index in [1.54, 1.807) is 0 Å². The summed E-state index contributed by atoms with van der Waals surface area (Å²) in [6.07, 6.45) is 1.31. The smallest absolute Gasteiger partial charge is 0.252 e. The van der Waals surface area contributed by atoms with Crippen molar-refractivity contribution < 1.29 is 24.5 Å². The van der Waals surface area contributed by atoms with E-state index in [0.29, 0.717) is 0 Å². The molecule has 3 fully saturated rings. The van der Waals surface area contributed by atoms with Crippen LogP contribution in [-0.4, -0.2) is 56.2 Å². The Bertz CT molecular complexity index is 482. The zero-order valence-electron chi connectivity index (χ0n) is 13.1. The average Bonchev–Trinajstić information content (AvgIpc) is 2.92. The van der Waals surface area contributed by atoms with E-state index >= 15 is 0 Å². The minimum absolute atomic E-state index is 0.00940. The van der Waals surface area contributed by atoms with Crippen molar-refractivity contribution in [2.75, 3.05) is 0 Å². The number of carbonyl (C=O) groups is 1. The van der Waals surface area contributed by atoms with Crippen LogP contribution in [0.1, 0.15) is 44.9 Å². The molecule has 0 unspecified atom stereocenters. The number of nitrogens with one attached hydrogen (secondary N) is 1.